The molecule has 0 saturated heterocycles. The smallest absolute Gasteiger partial charge is 0.264 e. The largest absolute Gasteiger partial charge is 0.490 e. The van der Waals surface area contributed by atoms with Crippen LogP contribution in [0.2, 0.25) is 5.02 Å². The number of rotatable bonds is 3. The summed E-state index contributed by atoms with van der Waals surface area (Å²) in [6.45, 7) is 6.51. The molecule has 1 fully saturated rings. The maximum atomic E-state index is 13.7. The molecule has 2 N–H and O–H groups in total. The van der Waals surface area contributed by atoms with Crippen LogP contribution in [0.5, 0.6) is 5.75 Å². The number of carbonyl (C=O) groups excluding carboxylic acids is 1. The minimum Gasteiger partial charge on any atom is -0.490 e. The fraction of sp³-hybridized carbons (Fsp3) is 0.583. The van der Waals surface area contributed by atoms with Crippen molar-refractivity contribution >= 4 is 43.1 Å². The van der Waals surface area contributed by atoms with Gasteiger partial charge in [0.2, 0.25) is 10.0 Å². The van der Waals surface area contributed by atoms with E-state index in [0.717, 1.165) is 32.1 Å². The Bertz CT molecular complexity index is 1800. The van der Waals surface area contributed by atoms with Crippen molar-refractivity contribution in [2.45, 2.75) is 93.7 Å². The molecule has 0 radical (unpaired) electrons. The number of aliphatic hydroxyl groups is 1. The number of anilines is 1. The van der Waals surface area contributed by atoms with Crippen LogP contribution in [0, 0.1) is 11.8 Å². The van der Waals surface area contributed by atoms with E-state index in [9.17, 15) is 26.7 Å². The van der Waals surface area contributed by atoms with Crippen LogP contribution in [-0.4, -0.2) is 69.4 Å². The van der Waals surface area contributed by atoms with Gasteiger partial charge in [0, 0.05) is 29.1 Å². The molecular weight excluding hydrogens is 672 g/mol. The predicted molar refractivity (Wildman–Crippen MR) is 189 cm³/mol. The lowest BCUT2D eigenvalue weighted by Gasteiger charge is -2.45. The second-order valence-electron chi connectivity index (χ2n) is 15.1. The molecule has 6 rings (SSSR count). The first kappa shape index (κ1) is 35.2. The number of nitrogens with one attached hydrogen (secondary N) is 1. The molecule has 2 aliphatic carbocycles. The number of aliphatic hydroxyl groups excluding tert-OH is 1. The summed E-state index contributed by atoms with van der Waals surface area (Å²) in [5.41, 5.74) is 3.01. The Morgan fingerprint density at radius 2 is 1.92 bits per heavy atom. The molecule has 12 heteroatoms. The Labute approximate surface area is 290 Å². The molecule has 9 nitrogen and oxygen atoms in total. The van der Waals surface area contributed by atoms with Crippen LogP contribution in [0.4, 0.5) is 5.69 Å². The number of benzene rings is 2. The average molecular weight is 719 g/mol. The van der Waals surface area contributed by atoms with Gasteiger partial charge in [-0.2, -0.15) is 0 Å². The van der Waals surface area contributed by atoms with Gasteiger partial charge in [0.25, 0.3) is 5.91 Å². The quantitative estimate of drug-likeness (QED) is 0.394. The highest BCUT2D eigenvalue weighted by Gasteiger charge is 2.44. The van der Waals surface area contributed by atoms with E-state index in [-0.39, 0.29) is 41.4 Å². The van der Waals surface area contributed by atoms with Crippen molar-refractivity contribution in [3.63, 3.8) is 0 Å². The normalized spacial score (nSPS) is 29.8. The highest BCUT2D eigenvalue weighted by atomic mass is 35.5. The van der Waals surface area contributed by atoms with Gasteiger partial charge in [0.05, 0.1) is 34.1 Å². The fourth-order valence-electron chi connectivity index (χ4n) is 7.79. The Morgan fingerprint density at radius 1 is 1.12 bits per heavy atom. The topological polar surface area (TPSA) is 130 Å². The van der Waals surface area contributed by atoms with E-state index in [4.69, 9.17) is 16.3 Å². The van der Waals surface area contributed by atoms with Gasteiger partial charge >= 0.3 is 0 Å². The molecular formula is C36H47ClN2O7S2. The van der Waals surface area contributed by atoms with Gasteiger partial charge in [0.15, 0.2) is 9.84 Å². The van der Waals surface area contributed by atoms with Crippen molar-refractivity contribution in [2.75, 3.05) is 30.3 Å². The van der Waals surface area contributed by atoms with Crippen molar-refractivity contribution in [1.82, 2.24) is 4.72 Å². The summed E-state index contributed by atoms with van der Waals surface area (Å²) in [4.78, 5) is 15.9. The van der Waals surface area contributed by atoms with Crippen LogP contribution in [0.25, 0.3) is 0 Å². The van der Waals surface area contributed by atoms with Gasteiger partial charge in [-0.05, 0) is 125 Å². The summed E-state index contributed by atoms with van der Waals surface area (Å²) in [6, 6.07) is 11.1. The number of hydrogen-bond acceptors (Lipinski definition) is 8. The number of halogens is 1. The van der Waals surface area contributed by atoms with E-state index >= 15 is 0 Å². The maximum Gasteiger partial charge on any atom is 0.264 e. The third kappa shape index (κ3) is 7.02. The second kappa shape index (κ2) is 13.3. The predicted octanol–water partition coefficient (Wildman–Crippen LogP) is 5.58. The second-order valence-corrected chi connectivity index (χ2v) is 20.4. The lowest BCUT2D eigenvalue weighted by atomic mass is 9.68. The molecule has 2 bridgehead atoms. The summed E-state index contributed by atoms with van der Waals surface area (Å²) in [7, 11) is -7.85. The molecule has 0 aromatic heterocycles. The Balaban J connectivity index is 1.37. The van der Waals surface area contributed by atoms with Crippen molar-refractivity contribution < 1.29 is 31.5 Å². The minimum absolute atomic E-state index is 0.0399. The molecule has 0 unspecified atom stereocenters. The number of allylic oxidation sites excluding steroid dienone is 1. The van der Waals surface area contributed by atoms with Gasteiger partial charge in [0.1, 0.15) is 5.75 Å². The molecule has 1 saturated carbocycles. The fourth-order valence-corrected chi connectivity index (χ4v) is 10.8. The highest BCUT2D eigenvalue weighted by Crippen LogP contribution is 2.46. The molecule has 1 spiro atoms. The first-order valence-corrected chi connectivity index (χ1v) is 20.6. The standard InChI is InChI=1S/C36H47ClN2O7S2/c1-35(2,3)47(42,43)18-16-28-8-4-5-9-32(40)29-13-10-26(29)21-39-22-36(17-6-7-24-19-27(37)12-14-30(24)36)23-46-33-15-11-25(20-31(33)39)34(41)38-48(28,44)45/h5,9,11-12,14-15,19-20,26,28-29,32,40H,4,6-8,10,13,16-18,21-23H2,1-3H3,(H,38,41)/b9-5+/t26-,28+,29+,32-,36-/m0/s1. The summed E-state index contributed by atoms with van der Waals surface area (Å²) in [5.74, 6) is -0.220. The van der Waals surface area contributed by atoms with E-state index in [1.54, 1.807) is 51.1 Å². The van der Waals surface area contributed by atoms with Crippen molar-refractivity contribution in [3.05, 3.63) is 70.3 Å². The van der Waals surface area contributed by atoms with E-state index in [0.29, 0.717) is 42.6 Å². The summed E-state index contributed by atoms with van der Waals surface area (Å²) < 4.78 is 60.9. The summed E-state index contributed by atoms with van der Waals surface area (Å²) >= 11 is 6.40. The number of amides is 1. The third-order valence-electron chi connectivity index (χ3n) is 11.0. The monoisotopic (exact) mass is 718 g/mol. The van der Waals surface area contributed by atoms with Gasteiger partial charge in [-0.3, -0.25) is 4.79 Å². The Kier molecular flexibility index (Phi) is 9.74. The number of carbonyl (C=O) groups is 1. The minimum atomic E-state index is -4.26. The van der Waals surface area contributed by atoms with Crippen molar-refractivity contribution in [2.24, 2.45) is 11.8 Å². The van der Waals surface area contributed by atoms with Crippen LogP contribution < -0.4 is 14.4 Å². The van der Waals surface area contributed by atoms with E-state index in [1.807, 2.05) is 12.1 Å². The van der Waals surface area contributed by atoms with Gasteiger partial charge in [-0.1, -0.05) is 29.8 Å². The molecule has 1 amide bonds. The van der Waals surface area contributed by atoms with Crippen molar-refractivity contribution in [1.29, 1.82) is 0 Å². The van der Waals surface area contributed by atoms with Crippen LogP contribution in [-0.2, 0) is 31.7 Å². The number of aryl methyl sites for hydroxylation is 1. The Hall–Kier alpha value is -2.60. The summed E-state index contributed by atoms with van der Waals surface area (Å²) in [5, 5.41) is 10.8. The van der Waals surface area contributed by atoms with Crippen LogP contribution >= 0.6 is 11.6 Å². The highest BCUT2D eigenvalue weighted by molar-refractivity contribution is 7.93. The maximum absolute atomic E-state index is 13.7. The molecule has 2 heterocycles. The molecule has 4 aliphatic rings. The zero-order valence-electron chi connectivity index (χ0n) is 28.0. The molecule has 2 aliphatic heterocycles. The van der Waals surface area contributed by atoms with Crippen LogP contribution in [0.3, 0.4) is 0 Å². The van der Waals surface area contributed by atoms with Crippen LogP contribution in [0.15, 0.2) is 48.6 Å². The first-order chi connectivity index (χ1) is 22.6. The molecule has 48 heavy (non-hydrogen) atoms. The molecule has 262 valence electrons. The number of fused-ring (bicyclic) bond motifs is 4. The van der Waals surface area contributed by atoms with Gasteiger partial charge in [-0.15, -0.1) is 0 Å². The van der Waals surface area contributed by atoms with Gasteiger partial charge < -0.3 is 14.7 Å². The number of ether oxygens (including phenoxy) is 1. The molecule has 2 aromatic rings. The van der Waals surface area contributed by atoms with Crippen molar-refractivity contribution in [3.8, 4) is 5.75 Å². The SMILES string of the molecule is CC(C)(C)S(=O)(=O)CC[C@H]1CC/C=C/[C@H](O)[C@@H]2CC[C@H]2CN2C[C@@]3(CCCc4cc(Cl)ccc43)COc3ccc(cc32)C(=O)NS1(=O)=O. The zero-order valence-corrected chi connectivity index (χ0v) is 30.3. The van der Waals surface area contributed by atoms with E-state index < -0.39 is 41.9 Å². The number of sulfone groups is 1. The average Bonchev–Trinajstić information content (AvgIpc) is 3.14. The number of sulfonamides is 1. The van der Waals surface area contributed by atoms with Gasteiger partial charge in [-0.25, -0.2) is 21.6 Å². The zero-order chi connectivity index (χ0) is 34.5. The lowest BCUT2D eigenvalue weighted by Crippen LogP contribution is -2.49. The van der Waals surface area contributed by atoms with Crippen LogP contribution in [0.1, 0.15) is 87.2 Å². The number of nitrogens with zero attached hydrogens (tertiary/aromatic N) is 1. The van der Waals surface area contributed by atoms with E-state index in [1.165, 1.54) is 11.1 Å². The summed E-state index contributed by atoms with van der Waals surface area (Å²) in [6.07, 6.45) is 7.81. The van der Waals surface area contributed by atoms with E-state index in [2.05, 4.69) is 15.7 Å². The molecule has 2 aromatic carbocycles. The molecule has 5 atom stereocenters. The lowest BCUT2D eigenvalue weighted by molar-refractivity contribution is 0.0456. The Morgan fingerprint density at radius 3 is 2.65 bits per heavy atom. The third-order valence-corrected chi connectivity index (χ3v) is 15.7. The first-order valence-electron chi connectivity index (χ1n) is 17.0. The number of hydrogen-bond donors (Lipinski definition) is 2.